The Bertz CT molecular complexity index is 2320. The molecule has 542 valence electrons. The van der Waals surface area contributed by atoms with Crippen molar-refractivity contribution in [2.75, 3.05) is 19.8 Å². The molecule has 0 aliphatic carbocycles. The van der Waals surface area contributed by atoms with Crippen LogP contribution in [0.1, 0.15) is 232 Å². The van der Waals surface area contributed by atoms with E-state index in [2.05, 4.69) is 189 Å². The highest BCUT2D eigenvalue weighted by atomic mass is 16.7. The van der Waals surface area contributed by atoms with Crippen LogP contribution in [0.25, 0.3) is 0 Å². The Kier molecular flexibility index (Phi) is 57.7. The van der Waals surface area contributed by atoms with Crippen LogP contribution in [0.15, 0.2) is 182 Å². The van der Waals surface area contributed by atoms with Crippen molar-refractivity contribution in [2.24, 2.45) is 0 Å². The molecule has 2 heterocycles. The summed E-state index contributed by atoms with van der Waals surface area (Å²) in [5.74, 6) is -0.285. The zero-order valence-electron chi connectivity index (χ0n) is 59.0. The molecule has 1 amide bonds. The lowest BCUT2D eigenvalue weighted by atomic mass is 9.97. The molecule has 2 rings (SSSR count). The molecule has 9 N–H and O–H groups in total. The molecule has 2 aliphatic rings. The van der Waals surface area contributed by atoms with Gasteiger partial charge < -0.3 is 65.1 Å². The lowest BCUT2D eigenvalue weighted by Gasteiger charge is -2.46. The average Bonchev–Trinajstić information content (AvgIpc) is 0.807. The molecule has 2 fully saturated rings. The third-order valence-electron chi connectivity index (χ3n) is 16.6. The van der Waals surface area contributed by atoms with Crippen LogP contribution in [-0.2, 0) is 23.7 Å². The predicted molar refractivity (Wildman–Crippen MR) is 396 cm³/mol. The number of ether oxygens (including phenoxy) is 4. The molecule has 0 bridgehead atoms. The van der Waals surface area contributed by atoms with E-state index >= 15 is 0 Å². The molecule has 0 spiro atoms. The first-order valence-corrected chi connectivity index (χ1v) is 37.0. The van der Waals surface area contributed by atoms with Crippen molar-refractivity contribution < 1.29 is 64.6 Å². The van der Waals surface area contributed by atoms with E-state index in [-0.39, 0.29) is 18.9 Å². The molecule has 0 aromatic heterocycles. The van der Waals surface area contributed by atoms with Crippen LogP contribution in [-0.4, -0.2) is 140 Å². The minimum absolute atomic E-state index is 0.228. The molecule has 0 aromatic carbocycles. The number of hydrogen-bond acceptors (Lipinski definition) is 13. The fourth-order valence-corrected chi connectivity index (χ4v) is 10.7. The normalized spacial score (nSPS) is 23.4. The van der Waals surface area contributed by atoms with Crippen molar-refractivity contribution >= 4 is 5.91 Å². The number of unbranched alkanes of at least 4 members (excludes halogenated alkanes) is 17. The Morgan fingerprint density at radius 1 is 0.385 bits per heavy atom. The lowest BCUT2D eigenvalue weighted by molar-refractivity contribution is -0.359. The number of allylic oxidation sites excluding steroid dienone is 29. The van der Waals surface area contributed by atoms with Crippen molar-refractivity contribution in [3.63, 3.8) is 0 Å². The highest BCUT2D eigenvalue weighted by molar-refractivity contribution is 5.76. The van der Waals surface area contributed by atoms with E-state index in [9.17, 15) is 45.6 Å². The molecule has 12 atom stereocenters. The van der Waals surface area contributed by atoms with E-state index in [4.69, 9.17) is 18.9 Å². The van der Waals surface area contributed by atoms with E-state index in [1.807, 2.05) is 6.08 Å². The van der Waals surface area contributed by atoms with Crippen molar-refractivity contribution in [2.45, 2.75) is 306 Å². The van der Waals surface area contributed by atoms with E-state index in [0.29, 0.717) is 12.8 Å². The fourth-order valence-electron chi connectivity index (χ4n) is 10.7. The average molecular weight is 1340 g/mol. The Morgan fingerprint density at radius 2 is 0.729 bits per heavy atom. The summed E-state index contributed by atoms with van der Waals surface area (Å²) in [6.07, 6.45) is 83.7. The summed E-state index contributed by atoms with van der Waals surface area (Å²) in [5.41, 5.74) is 0. The van der Waals surface area contributed by atoms with Gasteiger partial charge in [-0.3, -0.25) is 4.79 Å². The maximum absolute atomic E-state index is 13.3. The van der Waals surface area contributed by atoms with Gasteiger partial charge in [0.25, 0.3) is 0 Å². The molecular weight excluding hydrogens is 1210 g/mol. The Labute approximate surface area is 580 Å². The third kappa shape index (κ3) is 46.4. The van der Waals surface area contributed by atoms with E-state index in [1.54, 1.807) is 6.08 Å². The number of carbonyl (C=O) groups excluding carboxylic acids is 1. The maximum atomic E-state index is 13.3. The standard InChI is InChI=1S/C82H131NO13/c1-3-5-7-9-11-13-15-17-19-21-23-25-26-27-28-29-30-31-32-33-34-35-36-37-38-39-40-41-42-43-44-46-48-50-52-54-56-58-60-62-64-66-74(87)83-70(71(86)65-63-61-59-57-55-53-51-49-47-45-24-22-20-18-16-14-12-10-8-6-4-2)69-93-81-79(92)77(90)80(73(68-85)95-81)96-82-78(91)76(89)75(88)72(67-84)94-82/h5,7,11,13,17,19,23,25,27-28,30-31,33-34,36-37,39-40,42-43,46-49,52,54-55,57,63,65,70-73,75-82,84-86,88-92H,3-4,6,8-10,12,14-16,18,20-22,24,26,29,32,35,38,41,44-45,50-51,53,56,58-62,64,66-69H2,1-2H3,(H,83,87)/b7-5-,13-11-,19-17-,25-23-,28-27-,31-30-,34-33-,37-36-,40-39-,43-42-,48-46-,49-47+,54-52-,57-55+,65-63+. The van der Waals surface area contributed by atoms with Gasteiger partial charge in [0.1, 0.15) is 48.8 Å². The van der Waals surface area contributed by atoms with Gasteiger partial charge in [-0.05, 0) is 135 Å². The number of nitrogens with one attached hydrogen (secondary N) is 1. The first kappa shape index (κ1) is 87.2. The highest BCUT2D eigenvalue weighted by Crippen LogP contribution is 2.30. The Balaban J connectivity index is 1.68. The van der Waals surface area contributed by atoms with Gasteiger partial charge in [-0.2, -0.15) is 0 Å². The van der Waals surface area contributed by atoms with Crippen LogP contribution in [0.3, 0.4) is 0 Å². The van der Waals surface area contributed by atoms with Crippen LogP contribution in [0.2, 0.25) is 0 Å². The van der Waals surface area contributed by atoms with Crippen molar-refractivity contribution in [1.82, 2.24) is 5.32 Å². The zero-order chi connectivity index (χ0) is 69.4. The number of hydrogen-bond donors (Lipinski definition) is 9. The summed E-state index contributed by atoms with van der Waals surface area (Å²) in [6, 6.07) is -0.967. The van der Waals surface area contributed by atoms with Gasteiger partial charge in [-0.15, -0.1) is 0 Å². The molecule has 2 saturated heterocycles. The van der Waals surface area contributed by atoms with Crippen molar-refractivity contribution in [1.29, 1.82) is 0 Å². The Morgan fingerprint density at radius 3 is 1.15 bits per heavy atom. The molecule has 14 heteroatoms. The minimum Gasteiger partial charge on any atom is -0.394 e. The zero-order valence-corrected chi connectivity index (χ0v) is 59.0. The van der Waals surface area contributed by atoms with Gasteiger partial charge in [0.05, 0.1) is 32.0 Å². The minimum atomic E-state index is -1.81. The van der Waals surface area contributed by atoms with E-state index in [0.717, 1.165) is 128 Å². The summed E-state index contributed by atoms with van der Waals surface area (Å²) in [7, 11) is 0. The smallest absolute Gasteiger partial charge is 0.220 e. The van der Waals surface area contributed by atoms with Crippen LogP contribution in [0.5, 0.6) is 0 Å². The number of carbonyl (C=O) groups is 1. The second-order valence-electron chi connectivity index (χ2n) is 25.0. The largest absolute Gasteiger partial charge is 0.394 e. The summed E-state index contributed by atoms with van der Waals surface area (Å²) in [6.45, 7) is 2.63. The quantitative estimate of drug-likeness (QED) is 0.0204. The highest BCUT2D eigenvalue weighted by Gasteiger charge is 2.51. The van der Waals surface area contributed by atoms with Gasteiger partial charge in [-0.25, -0.2) is 0 Å². The van der Waals surface area contributed by atoms with Gasteiger partial charge >= 0.3 is 0 Å². The fraction of sp³-hybridized carbons (Fsp3) is 0.622. The van der Waals surface area contributed by atoms with Gasteiger partial charge in [0, 0.05) is 6.42 Å². The Hall–Kier alpha value is -4.91. The van der Waals surface area contributed by atoms with Crippen molar-refractivity contribution in [3.8, 4) is 0 Å². The maximum Gasteiger partial charge on any atom is 0.220 e. The molecule has 96 heavy (non-hydrogen) atoms. The number of amides is 1. The number of aliphatic hydroxyl groups excluding tert-OH is 8. The van der Waals surface area contributed by atoms with Gasteiger partial charge in [0.15, 0.2) is 12.6 Å². The first-order valence-electron chi connectivity index (χ1n) is 37.0. The second-order valence-corrected chi connectivity index (χ2v) is 25.0. The molecule has 0 radical (unpaired) electrons. The van der Waals surface area contributed by atoms with Gasteiger partial charge in [-0.1, -0.05) is 273 Å². The van der Waals surface area contributed by atoms with Crippen LogP contribution < -0.4 is 5.32 Å². The summed E-state index contributed by atoms with van der Waals surface area (Å²) < 4.78 is 22.8. The number of aliphatic hydroxyl groups is 8. The molecule has 0 aromatic rings. The van der Waals surface area contributed by atoms with Crippen LogP contribution in [0, 0.1) is 0 Å². The number of rotatable bonds is 58. The molecule has 14 nitrogen and oxygen atoms in total. The SMILES string of the molecule is CC/C=C\C/C=C\C/C=C\C/C=C\C/C=C\C/C=C\C/C=C\C/C=C\C/C=C\C/C=C\C/C=C\C/C=C\CCCCCCC(=O)NC(COC1OC(CO)C(OC2OC(CO)C(O)C(O)C2O)C(O)C1O)C(O)/C=C/CC/C=C/CC/C=C/CCCCCCCCCCCCC. The summed E-state index contributed by atoms with van der Waals surface area (Å²) in [4.78, 5) is 13.3. The molecule has 12 unspecified atom stereocenters. The van der Waals surface area contributed by atoms with E-state index < -0.39 is 86.8 Å². The lowest BCUT2D eigenvalue weighted by Crippen LogP contribution is -2.65. The third-order valence-corrected chi connectivity index (χ3v) is 16.6. The predicted octanol–water partition coefficient (Wildman–Crippen LogP) is 16.1. The second kappa shape index (κ2) is 63.5. The topological polar surface area (TPSA) is 228 Å². The monoisotopic (exact) mass is 1340 g/mol. The first-order chi connectivity index (χ1) is 47.1. The molecule has 2 aliphatic heterocycles. The molecular formula is C82H131NO13. The molecule has 0 saturated carbocycles. The summed E-state index contributed by atoms with van der Waals surface area (Å²) >= 11 is 0. The summed E-state index contributed by atoms with van der Waals surface area (Å²) in [5, 5.41) is 87.4. The van der Waals surface area contributed by atoms with Crippen LogP contribution in [0.4, 0.5) is 0 Å². The van der Waals surface area contributed by atoms with Gasteiger partial charge in [0.2, 0.25) is 5.91 Å². The van der Waals surface area contributed by atoms with Crippen molar-refractivity contribution in [3.05, 3.63) is 182 Å². The van der Waals surface area contributed by atoms with Crippen LogP contribution >= 0.6 is 0 Å². The van der Waals surface area contributed by atoms with E-state index in [1.165, 1.54) is 70.6 Å².